The zero-order valence-electron chi connectivity index (χ0n) is 15.9. The summed E-state index contributed by atoms with van der Waals surface area (Å²) in [6.07, 6.45) is -0.969. The number of halogens is 1. The predicted octanol–water partition coefficient (Wildman–Crippen LogP) is 3.63. The van der Waals surface area contributed by atoms with Crippen LogP contribution in [0.4, 0.5) is 4.39 Å². The van der Waals surface area contributed by atoms with E-state index in [9.17, 15) is 14.0 Å². The van der Waals surface area contributed by atoms with Crippen molar-refractivity contribution in [1.82, 2.24) is 5.32 Å². The van der Waals surface area contributed by atoms with Gasteiger partial charge in [0.1, 0.15) is 11.6 Å². The largest absolute Gasteiger partial charge is 0.482 e. The summed E-state index contributed by atoms with van der Waals surface area (Å²) in [7, 11) is 0. The summed E-state index contributed by atoms with van der Waals surface area (Å²) >= 11 is 0. The normalized spacial score (nSPS) is 12.8. The van der Waals surface area contributed by atoms with E-state index in [2.05, 4.69) is 5.32 Å². The van der Waals surface area contributed by atoms with E-state index in [1.54, 1.807) is 25.1 Å². The minimum atomic E-state index is -0.969. The van der Waals surface area contributed by atoms with Gasteiger partial charge in [-0.15, -0.1) is 0 Å². The summed E-state index contributed by atoms with van der Waals surface area (Å²) in [6.45, 7) is 6.91. The Morgan fingerprint density at radius 1 is 1.04 bits per heavy atom. The van der Waals surface area contributed by atoms with Gasteiger partial charge >= 0.3 is 5.97 Å². The smallest absolute Gasteiger partial charge is 0.344 e. The molecule has 1 N–H and O–H groups in total. The predicted molar refractivity (Wildman–Crippen MR) is 99.9 cm³/mol. The van der Waals surface area contributed by atoms with Gasteiger partial charge < -0.3 is 14.8 Å². The Bertz CT molecular complexity index is 804. The van der Waals surface area contributed by atoms with Gasteiger partial charge in [0.05, 0.1) is 6.04 Å². The first-order valence-electron chi connectivity index (χ1n) is 8.71. The molecule has 144 valence electrons. The average Bonchev–Trinajstić information content (AvgIpc) is 2.63. The molecule has 2 unspecified atom stereocenters. The van der Waals surface area contributed by atoms with Crippen molar-refractivity contribution in [2.45, 2.75) is 39.8 Å². The van der Waals surface area contributed by atoms with Crippen molar-refractivity contribution >= 4 is 11.9 Å². The number of carbonyl (C=O) groups is 2. The minimum Gasteiger partial charge on any atom is -0.482 e. The number of hydrogen-bond donors (Lipinski definition) is 1. The number of rotatable bonds is 7. The van der Waals surface area contributed by atoms with Crippen LogP contribution in [-0.2, 0) is 14.3 Å². The van der Waals surface area contributed by atoms with Crippen LogP contribution in [0.25, 0.3) is 0 Å². The second kappa shape index (κ2) is 9.16. The molecule has 2 aromatic rings. The monoisotopic (exact) mass is 373 g/mol. The molecule has 0 radical (unpaired) electrons. The molecule has 6 heteroatoms. The first-order chi connectivity index (χ1) is 12.8. The van der Waals surface area contributed by atoms with E-state index in [1.165, 1.54) is 19.1 Å². The van der Waals surface area contributed by atoms with E-state index in [4.69, 9.17) is 9.47 Å². The average molecular weight is 373 g/mol. The summed E-state index contributed by atoms with van der Waals surface area (Å²) < 4.78 is 23.5. The van der Waals surface area contributed by atoms with Gasteiger partial charge in [-0.25, -0.2) is 9.18 Å². The lowest BCUT2D eigenvalue weighted by Gasteiger charge is -2.18. The van der Waals surface area contributed by atoms with Crippen LogP contribution in [0.2, 0.25) is 0 Å². The molecule has 2 aromatic carbocycles. The summed E-state index contributed by atoms with van der Waals surface area (Å²) in [5.41, 5.74) is 2.94. The molecule has 2 rings (SSSR count). The Kier molecular flexibility index (Phi) is 6.93. The summed E-state index contributed by atoms with van der Waals surface area (Å²) in [5.74, 6) is -0.850. The molecule has 0 aliphatic carbocycles. The third-order valence-electron chi connectivity index (χ3n) is 4.24. The maximum absolute atomic E-state index is 13.0. The van der Waals surface area contributed by atoms with Gasteiger partial charge in [0, 0.05) is 0 Å². The van der Waals surface area contributed by atoms with Crippen LogP contribution < -0.4 is 10.1 Å². The van der Waals surface area contributed by atoms with Gasteiger partial charge in [-0.1, -0.05) is 18.2 Å². The number of esters is 1. The molecular formula is C21H24FNO4. The second-order valence-electron chi connectivity index (χ2n) is 6.45. The van der Waals surface area contributed by atoms with Gasteiger partial charge in [-0.05, 0) is 68.7 Å². The molecule has 0 aliphatic heterocycles. The number of carbonyl (C=O) groups excluding carboxylic acids is 2. The van der Waals surface area contributed by atoms with Crippen molar-refractivity contribution in [1.29, 1.82) is 0 Å². The first kappa shape index (κ1) is 20.4. The highest BCUT2D eigenvalue weighted by Gasteiger charge is 2.20. The number of amides is 1. The van der Waals surface area contributed by atoms with E-state index in [-0.39, 0.29) is 18.5 Å². The number of nitrogens with one attached hydrogen (secondary N) is 1. The molecule has 2 atom stereocenters. The van der Waals surface area contributed by atoms with Crippen molar-refractivity contribution in [3.8, 4) is 5.75 Å². The third kappa shape index (κ3) is 6.09. The fraction of sp³-hybridized carbons (Fsp3) is 0.333. The molecule has 5 nitrogen and oxygen atoms in total. The standard InChI is InChI=1S/C21H24FNO4/c1-13-5-10-19(11-14(13)2)26-12-20(24)27-16(4)21(25)23-15(3)17-6-8-18(22)9-7-17/h5-11,15-16H,12H2,1-4H3,(H,23,25). The fourth-order valence-electron chi connectivity index (χ4n) is 2.40. The van der Waals surface area contributed by atoms with E-state index in [0.29, 0.717) is 5.75 Å². The fourth-order valence-corrected chi connectivity index (χ4v) is 2.40. The highest BCUT2D eigenvalue weighted by Crippen LogP contribution is 2.16. The Labute approximate surface area is 158 Å². The minimum absolute atomic E-state index is 0.284. The number of aryl methyl sites for hydroxylation is 2. The van der Waals surface area contributed by atoms with E-state index in [0.717, 1.165) is 16.7 Å². The number of hydrogen-bond acceptors (Lipinski definition) is 4. The van der Waals surface area contributed by atoms with Crippen LogP contribution in [0.1, 0.15) is 36.6 Å². The first-order valence-corrected chi connectivity index (χ1v) is 8.71. The lowest BCUT2D eigenvalue weighted by molar-refractivity contribution is -0.156. The molecule has 1 amide bonds. The molecule has 0 aromatic heterocycles. The van der Waals surface area contributed by atoms with Crippen molar-refractivity contribution in [3.63, 3.8) is 0 Å². The zero-order chi connectivity index (χ0) is 20.0. The van der Waals surface area contributed by atoms with Crippen LogP contribution in [0, 0.1) is 19.7 Å². The van der Waals surface area contributed by atoms with Gasteiger partial charge in [-0.3, -0.25) is 4.79 Å². The second-order valence-corrected chi connectivity index (χ2v) is 6.45. The van der Waals surface area contributed by atoms with Gasteiger partial charge in [0.25, 0.3) is 5.91 Å². The molecule has 0 spiro atoms. The molecule has 0 aliphatic rings. The molecule has 0 saturated heterocycles. The van der Waals surface area contributed by atoms with Crippen LogP contribution in [0.5, 0.6) is 5.75 Å². The summed E-state index contributed by atoms with van der Waals surface area (Å²) in [4.78, 5) is 24.1. The van der Waals surface area contributed by atoms with E-state index in [1.807, 2.05) is 26.0 Å². The Morgan fingerprint density at radius 3 is 2.33 bits per heavy atom. The summed E-state index contributed by atoms with van der Waals surface area (Å²) in [5, 5.41) is 2.73. The maximum atomic E-state index is 13.0. The molecule has 0 bridgehead atoms. The Hall–Kier alpha value is -2.89. The number of ether oxygens (including phenoxy) is 2. The maximum Gasteiger partial charge on any atom is 0.344 e. The zero-order valence-corrected chi connectivity index (χ0v) is 15.9. The van der Waals surface area contributed by atoms with Crippen LogP contribution in [0.3, 0.4) is 0 Å². The Morgan fingerprint density at radius 2 is 1.70 bits per heavy atom. The molecule has 0 heterocycles. The van der Waals surface area contributed by atoms with Crippen LogP contribution in [0.15, 0.2) is 42.5 Å². The van der Waals surface area contributed by atoms with Crippen molar-refractivity contribution in [2.24, 2.45) is 0 Å². The van der Waals surface area contributed by atoms with E-state index >= 15 is 0 Å². The molecule has 0 fully saturated rings. The van der Waals surface area contributed by atoms with Gasteiger partial charge in [0.2, 0.25) is 0 Å². The topological polar surface area (TPSA) is 64.6 Å². The number of benzene rings is 2. The Balaban J connectivity index is 1.81. The van der Waals surface area contributed by atoms with Crippen LogP contribution in [-0.4, -0.2) is 24.6 Å². The van der Waals surface area contributed by atoms with E-state index < -0.39 is 18.0 Å². The molecule has 27 heavy (non-hydrogen) atoms. The van der Waals surface area contributed by atoms with Crippen LogP contribution >= 0.6 is 0 Å². The quantitative estimate of drug-likeness (QED) is 0.753. The van der Waals surface area contributed by atoms with Gasteiger partial charge in [0.15, 0.2) is 12.7 Å². The lowest BCUT2D eigenvalue weighted by Crippen LogP contribution is -2.38. The third-order valence-corrected chi connectivity index (χ3v) is 4.24. The van der Waals surface area contributed by atoms with Crippen molar-refractivity contribution in [3.05, 3.63) is 65.0 Å². The highest BCUT2D eigenvalue weighted by atomic mass is 19.1. The molecule has 0 saturated carbocycles. The van der Waals surface area contributed by atoms with Crippen molar-refractivity contribution < 1.29 is 23.5 Å². The van der Waals surface area contributed by atoms with Gasteiger partial charge in [-0.2, -0.15) is 0 Å². The van der Waals surface area contributed by atoms with Crippen molar-refractivity contribution in [2.75, 3.05) is 6.61 Å². The summed E-state index contributed by atoms with van der Waals surface area (Å²) in [6, 6.07) is 11.0. The molecular weight excluding hydrogens is 349 g/mol. The SMILES string of the molecule is Cc1ccc(OCC(=O)OC(C)C(=O)NC(C)c2ccc(F)cc2)cc1C. The lowest BCUT2D eigenvalue weighted by atomic mass is 10.1. The highest BCUT2D eigenvalue weighted by molar-refractivity contribution is 5.84.